The monoisotopic (exact) mass is 287 g/mol. The second-order valence-electron chi connectivity index (χ2n) is 4.69. The van der Waals surface area contributed by atoms with Crippen molar-refractivity contribution in [2.45, 2.75) is 6.92 Å². The summed E-state index contributed by atoms with van der Waals surface area (Å²) < 4.78 is 0. The molecule has 5 nitrogen and oxygen atoms in total. The molecule has 0 spiro atoms. The van der Waals surface area contributed by atoms with Crippen LogP contribution in [0.1, 0.15) is 6.92 Å². The molecule has 0 aliphatic carbocycles. The lowest BCUT2D eigenvalue weighted by atomic mass is 10.3. The van der Waals surface area contributed by atoms with E-state index in [1.165, 1.54) is 32.7 Å². The molecule has 0 atom stereocenters. The van der Waals surface area contributed by atoms with Crippen molar-refractivity contribution in [1.29, 1.82) is 0 Å². The summed E-state index contributed by atoms with van der Waals surface area (Å²) in [7, 11) is 1.83. The zero-order chi connectivity index (χ0) is 13.9. The second kappa shape index (κ2) is 10.3. The van der Waals surface area contributed by atoms with Crippen LogP contribution < -0.4 is 10.6 Å². The van der Waals surface area contributed by atoms with Crippen LogP contribution in [-0.2, 0) is 0 Å². The third kappa shape index (κ3) is 7.03. The summed E-state index contributed by atoms with van der Waals surface area (Å²) in [5, 5.41) is 6.69. The van der Waals surface area contributed by atoms with E-state index in [0.717, 1.165) is 31.3 Å². The molecule has 1 aliphatic rings. The third-order valence-electron chi connectivity index (χ3n) is 3.45. The predicted octanol–water partition coefficient (Wildman–Crippen LogP) is 0.152. The number of hydrogen-bond donors (Lipinski definition) is 2. The Morgan fingerprint density at radius 3 is 2.32 bits per heavy atom. The van der Waals surface area contributed by atoms with Crippen molar-refractivity contribution in [3.8, 4) is 0 Å². The topological polar surface area (TPSA) is 42.9 Å². The van der Waals surface area contributed by atoms with Gasteiger partial charge < -0.3 is 15.5 Å². The molecule has 2 N–H and O–H groups in total. The van der Waals surface area contributed by atoms with E-state index in [2.05, 4.69) is 38.6 Å². The van der Waals surface area contributed by atoms with Gasteiger partial charge in [0.25, 0.3) is 0 Å². The fourth-order valence-electron chi connectivity index (χ4n) is 2.15. The molecule has 19 heavy (non-hydrogen) atoms. The van der Waals surface area contributed by atoms with E-state index in [1.54, 1.807) is 0 Å². The number of aliphatic imine (C=N–C) groups is 1. The molecule has 0 radical (unpaired) electrons. The highest BCUT2D eigenvalue weighted by Gasteiger charge is 2.14. The minimum atomic E-state index is 0.918. The quantitative estimate of drug-likeness (QED) is 0.396. The van der Waals surface area contributed by atoms with Crippen LogP contribution >= 0.6 is 11.8 Å². The molecule has 0 bridgehead atoms. The van der Waals surface area contributed by atoms with Gasteiger partial charge >= 0.3 is 0 Å². The van der Waals surface area contributed by atoms with Gasteiger partial charge in [-0.1, -0.05) is 6.92 Å². The molecule has 1 aliphatic heterocycles. The predicted molar refractivity (Wildman–Crippen MR) is 86.3 cm³/mol. The average molecular weight is 287 g/mol. The minimum Gasteiger partial charge on any atom is -0.356 e. The van der Waals surface area contributed by atoms with Crippen molar-refractivity contribution >= 4 is 17.7 Å². The van der Waals surface area contributed by atoms with Crippen LogP contribution in [0.3, 0.4) is 0 Å². The van der Waals surface area contributed by atoms with Gasteiger partial charge in [0.05, 0.1) is 0 Å². The van der Waals surface area contributed by atoms with Gasteiger partial charge in [0.1, 0.15) is 0 Å². The smallest absolute Gasteiger partial charge is 0.191 e. The largest absolute Gasteiger partial charge is 0.356 e. The lowest BCUT2D eigenvalue weighted by Gasteiger charge is -2.34. The van der Waals surface area contributed by atoms with Gasteiger partial charge in [0.2, 0.25) is 0 Å². The summed E-state index contributed by atoms with van der Waals surface area (Å²) in [6.45, 7) is 11.2. The van der Waals surface area contributed by atoms with E-state index in [4.69, 9.17) is 0 Å². The Labute approximate surface area is 122 Å². The normalized spacial score (nSPS) is 18.6. The minimum absolute atomic E-state index is 0.918. The summed E-state index contributed by atoms with van der Waals surface area (Å²) in [5.41, 5.74) is 0. The Morgan fingerprint density at radius 1 is 1.11 bits per heavy atom. The molecule has 1 rings (SSSR count). The summed E-state index contributed by atoms with van der Waals surface area (Å²) in [6, 6.07) is 0. The van der Waals surface area contributed by atoms with Crippen LogP contribution in [0.2, 0.25) is 0 Å². The Kier molecular flexibility index (Phi) is 9.03. The first-order valence-electron chi connectivity index (χ1n) is 7.18. The number of nitrogens with zero attached hydrogens (tertiary/aromatic N) is 3. The SMILES string of the molecule is CCN1CCN(CCNC(=NC)NCCSC)CC1. The Balaban J connectivity index is 2.09. The molecule has 0 saturated carbocycles. The highest BCUT2D eigenvalue weighted by molar-refractivity contribution is 7.98. The van der Waals surface area contributed by atoms with Gasteiger partial charge in [0, 0.05) is 58.6 Å². The van der Waals surface area contributed by atoms with Gasteiger partial charge in [0.15, 0.2) is 5.96 Å². The molecule has 1 heterocycles. The number of likely N-dealkylation sites (N-methyl/N-ethyl adjacent to an activating group) is 1. The molecule has 112 valence electrons. The van der Waals surface area contributed by atoms with Crippen LogP contribution in [0.5, 0.6) is 0 Å². The average Bonchev–Trinajstić information content (AvgIpc) is 2.46. The Bertz CT molecular complexity index is 251. The Morgan fingerprint density at radius 2 is 1.74 bits per heavy atom. The molecule has 0 aromatic heterocycles. The first-order valence-corrected chi connectivity index (χ1v) is 8.57. The number of piperazine rings is 1. The van der Waals surface area contributed by atoms with Crippen LogP contribution in [-0.4, -0.2) is 87.2 Å². The van der Waals surface area contributed by atoms with Crippen molar-refractivity contribution in [1.82, 2.24) is 20.4 Å². The molecule has 1 saturated heterocycles. The van der Waals surface area contributed by atoms with Gasteiger partial charge in [-0.25, -0.2) is 0 Å². The van der Waals surface area contributed by atoms with Crippen molar-refractivity contribution in [2.24, 2.45) is 4.99 Å². The molecule has 1 fully saturated rings. The van der Waals surface area contributed by atoms with Gasteiger partial charge in [-0.3, -0.25) is 9.89 Å². The molecule has 0 unspecified atom stereocenters. The standard InChI is InChI=1S/C13H29N5S/c1-4-17-8-10-18(11-9-17)7-5-15-13(14-2)16-6-12-19-3/h4-12H2,1-3H3,(H2,14,15,16). The summed E-state index contributed by atoms with van der Waals surface area (Å²) in [5.74, 6) is 2.03. The zero-order valence-corrected chi connectivity index (χ0v) is 13.4. The van der Waals surface area contributed by atoms with Crippen molar-refractivity contribution in [3.63, 3.8) is 0 Å². The second-order valence-corrected chi connectivity index (χ2v) is 5.68. The molecule has 0 amide bonds. The summed E-state index contributed by atoms with van der Waals surface area (Å²) in [4.78, 5) is 9.26. The number of thioether (sulfide) groups is 1. The number of nitrogens with one attached hydrogen (secondary N) is 2. The van der Waals surface area contributed by atoms with Crippen LogP contribution in [0.25, 0.3) is 0 Å². The highest BCUT2D eigenvalue weighted by atomic mass is 32.2. The number of guanidine groups is 1. The molecule has 0 aromatic rings. The van der Waals surface area contributed by atoms with Crippen LogP contribution in [0.15, 0.2) is 4.99 Å². The van der Waals surface area contributed by atoms with Gasteiger partial charge in [-0.2, -0.15) is 11.8 Å². The molecule has 0 aromatic carbocycles. The first kappa shape index (κ1) is 16.6. The van der Waals surface area contributed by atoms with Crippen molar-refractivity contribution in [2.75, 3.05) is 71.4 Å². The lowest BCUT2D eigenvalue weighted by Crippen LogP contribution is -2.49. The van der Waals surface area contributed by atoms with Crippen LogP contribution in [0.4, 0.5) is 0 Å². The van der Waals surface area contributed by atoms with E-state index in [0.29, 0.717) is 0 Å². The van der Waals surface area contributed by atoms with E-state index >= 15 is 0 Å². The lowest BCUT2D eigenvalue weighted by molar-refractivity contribution is 0.139. The zero-order valence-electron chi connectivity index (χ0n) is 12.6. The fraction of sp³-hybridized carbons (Fsp3) is 0.923. The van der Waals surface area contributed by atoms with E-state index in [-0.39, 0.29) is 0 Å². The number of hydrogen-bond acceptors (Lipinski definition) is 4. The molecule has 6 heteroatoms. The fourth-order valence-corrected chi connectivity index (χ4v) is 2.46. The number of rotatable bonds is 7. The summed E-state index contributed by atoms with van der Waals surface area (Å²) >= 11 is 1.84. The van der Waals surface area contributed by atoms with Gasteiger partial charge in [-0.05, 0) is 12.8 Å². The van der Waals surface area contributed by atoms with E-state index in [9.17, 15) is 0 Å². The maximum absolute atomic E-state index is 4.23. The maximum atomic E-state index is 4.23. The highest BCUT2D eigenvalue weighted by Crippen LogP contribution is 1.99. The summed E-state index contributed by atoms with van der Waals surface area (Å²) in [6.07, 6.45) is 2.12. The molecular formula is C13H29N5S. The van der Waals surface area contributed by atoms with E-state index in [1.807, 2.05) is 18.8 Å². The Hall–Kier alpha value is -0.460. The van der Waals surface area contributed by atoms with Crippen molar-refractivity contribution in [3.05, 3.63) is 0 Å². The first-order chi connectivity index (χ1) is 9.30. The van der Waals surface area contributed by atoms with Crippen LogP contribution in [0, 0.1) is 0 Å². The maximum Gasteiger partial charge on any atom is 0.191 e. The third-order valence-corrected chi connectivity index (χ3v) is 4.07. The van der Waals surface area contributed by atoms with E-state index < -0.39 is 0 Å². The molecular weight excluding hydrogens is 258 g/mol. The van der Waals surface area contributed by atoms with Gasteiger partial charge in [-0.15, -0.1) is 0 Å². The van der Waals surface area contributed by atoms with Crippen molar-refractivity contribution < 1.29 is 0 Å².